The number of esters is 1. The maximum Gasteiger partial charge on any atom is 0.336 e. The Morgan fingerprint density at radius 3 is 2.58 bits per heavy atom. The van der Waals surface area contributed by atoms with Crippen molar-refractivity contribution in [2.75, 3.05) is 6.54 Å². The maximum atomic E-state index is 13.3. The zero-order valence-electron chi connectivity index (χ0n) is 20.2. The van der Waals surface area contributed by atoms with Gasteiger partial charge in [-0.15, -0.1) is 6.58 Å². The van der Waals surface area contributed by atoms with Crippen molar-refractivity contribution in [2.45, 2.75) is 59.0 Å². The lowest BCUT2D eigenvalue weighted by Gasteiger charge is -2.32. The van der Waals surface area contributed by atoms with Crippen LogP contribution < -0.4 is 10.1 Å². The molecule has 0 heterocycles. The molecule has 0 spiro atoms. The lowest BCUT2D eigenvalue weighted by Crippen LogP contribution is -2.49. The Kier molecular flexibility index (Phi) is 11.4. The zero-order valence-corrected chi connectivity index (χ0v) is 20.2. The number of nitrogens with one attached hydrogen (secondary N) is 1. The van der Waals surface area contributed by atoms with E-state index in [4.69, 9.17) is 4.74 Å². The third-order valence-corrected chi connectivity index (χ3v) is 4.14. The zero-order chi connectivity index (χ0) is 24.9. The first kappa shape index (κ1) is 27.4. The highest BCUT2D eigenvalue weighted by Gasteiger charge is 2.32. The second-order valence-electron chi connectivity index (χ2n) is 8.32. The molecule has 1 aromatic carbocycles. The van der Waals surface area contributed by atoms with Gasteiger partial charge in [0.15, 0.2) is 0 Å². The Balaban J connectivity index is 3.40. The van der Waals surface area contributed by atoms with Gasteiger partial charge in [0.25, 0.3) is 5.91 Å². The van der Waals surface area contributed by atoms with Crippen molar-refractivity contribution in [3.05, 3.63) is 66.8 Å². The van der Waals surface area contributed by atoms with Gasteiger partial charge in [-0.2, -0.15) is 0 Å². The molecule has 0 saturated heterocycles. The first-order valence-electron chi connectivity index (χ1n) is 11.0. The second kappa shape index (κ2) is 13.7. The van der Waals surface area contributed by atoms with E-state index in [-0.39, 0.29) is 18.2 Å². The number of unbranched alkanes of at least 4 members (excludes halogenated alkanes) is 1. The molecule has 33 heavy (non-hydrogen) atoms. The summed E-state index contributed by atoms with van der Waals surface area (Å²) in [6.07, 6.45) is 9.33. The number of nitrogens with zero attached hydrogens (tertiary/aromatic N) is 1. The van der Waals surface area contributed by atoms with Crippen LogP contribution in [0.5, 0.6) is 5.75 Å². The van der Waals surface area contributed by atoms with E-state index < -0.39 is 23.5 Å². The number of rotatable bonds is 9. The van der Waals surface area contributed by atoms with Gasteiger partial charge in [0.2, 0.25) is 5.91 Å². The minimum atomic E-state index is -0.983. The monoisotopic (exact) mass is 450 g/mol. The standard InChI is InChI=1S/C27H34N2O4/c1-7-10-12-17-23(30)29(19-9-3)25(26(32)28-27(4,5)6)21-15-14-16-22(20-21)33-24(31)18-13-11-8-2/h8-9,11,13-16,18,20,25H,3,7,10,19H2,1-2,4-6H3,(H,28,32)/b11-8+,18-13+. The molecule has 0 aliphatic carbocycles. The van der Waals surface area contributed by atoms with E-state index in [0.717, 1.165) is 6.42 Å². The van der Waals surface area contributed by atoms with Crippen LogP contribution in [0, 0.1) is 11.8 Å². The molecule has 0 bridgehead atoms. The smallest absolute Gasteiger partial charge is 0.336 e. The van der Waals surface area contributed by atoms with Crippen LogP contribution in [0.2, 0.25) is 0 Å². The number of carbonyl (C=O) groups excluding carboxylic acids is 3. The molecular weight excluding hydrogens is 416 g/mol. The largest absolute Gasteiger partial charge is 0.423 e. The first-order valence-corrected chi connectivity index (χ1v) is 11.0. The van der Waals surface area contributed by atoms with Crippen LogP contribution in [-0.2, 0) is 14.4 Å². The third kappa shape index (κ3) is 10.0. The number of benzene rings is 1. The average molecular weight is 451 g/mol. The van der Waals surface area contributed by atoms with Crippen molar-refractivity contribution in [3.8, 4) is 17.6 Å². The van der Waals surface area contributed by atoms with Crippen LogP contribution in [0.15, 0.2) is 61.2 Å². The summed E-state index contributed by atoms with van der Waals surface area (Å²) in [4.78, 5) is 39.7. The van der Waals surface area contributed by atoms with E-state index >= 15 is 0 Å². The summed E-state index contributed by atoms with van der Waals surface area (Å²) in [5.74, 6) is 4.33. The number of hydrogen-bond acceptors (Lipinski definition) is 4. The van der Waals surface area contributed by atoms with Gasteiger partial charge >= 0.3 is 5.97 Å². The highest BCUT2D eigenvalue weighted by molar-refractivity contribution is 5.97. The van der Waals surface area contributed by atoms with Gasteiger partial charge in [-0.05, 0) is 57.7 Å². The fourth-order valence-corrected chi connectivity index (χ4v) is 2.83. The Hall–Kier alpha value is -3.59. The average Bonchev–Trinajstić information content (AvgIpc) is 2.72. The van der Waals surface area contributed by atoms with Crippen molar-refractivity contribution in [2.24, 2.45) is 0 Å². The Morgan fingerprint density at radius 2 is 1.97 bits per heavy atom. The molecule has 1 rings (SSSR count). The highest BCUT2D eigenvalue weighted by atomic mass is 16.5. The summed E-state index contributed by atoms with van der Waals surface area (Å²) in [5, 5.41) is 2.93. The molecule has 1 N–H and O–H groups in total. The summed E-state index contributed by atoms with van der Waals surface area (Å²) < 4.78 is 5.37. The van der Waals surface area contributed by atoms with Crippen molar-refractivity contribution in [1.82, 2.24) is 10.2 Å². The molecule has 1 atom stereocenters. The highest BCUT2D eigenvalue weighted by Crippen LogP contribution is 2.26. The number of carbonyl (C=O) groups is 3. The van der Waals surface area contributed by atoms with Crippen LogP contribution in [0.25, 0.3) is 0 Å². The molecule has 6 nitrogen and oxygen atoms in total. The molecule has 176 valence electrons. The number of allylic oxidation sites excluding steroid dienone is 3. The minimum Gasteiger partial charge on any atom is -0.423 e. The molecule has 2 amide bonds. The van der Waals surface area contributed by atoms with E-state index in [2.05, 4.69) is 23.7 Å². The summed E-state index contributed by atoms with van der Waals surface area (Å²) in [5.41, 5.74) is -0.0275. The number of ether oxygens (including phenoxy) is 1. The van der Waals surface area contributed by atoms with Crippen LogP contribution >= 0.6 is 0 Å². The minimum absolute atomic E-state index is 0.123. The fraction of sp³-hybridized carbons (Fsp3) is 0.370. The van der Waals surface area contributed by atoms with Gasteiger partial charge in [-0.3, -0.25) is 9.59 Å². The van der Waals surface area contributed by atoms with Crippen molar-refractivity contribution in [1.29, 1.82) is 0 Å². The van der Waals surface area contributed by atoms with Gasteiger partial charge in [-0.1, -0.05) is 49.3 Å². The Bertz CT molecular complexity index is 958. The first-order chi connectivity index (χ1) is 15.6. The topological polar surface area (TPSA) is 75.7 Å². The fourth-order valence-electron chi connectivity index (χ4n) is 2.83. The second-order valence-corrected chi connectivity index (χ2v) is 8.32. The summed E-state index contributed by atoms with van der Waals surface area (Å²) in [7, 11) is 0. The molecule has 0 fully saturated rings. The third-order valence-electron chi connectivity index (χ3n) is 4.14. The molecule has 1 aromatic rings. The van der Waals surface area contributed by atoms with Gasteiger partial charge < -0.3 is 15.0 Å². The van der Waals surface area contributed by atoms with Crippen molar-refractivity contribution < 1.29 is 19.1 Å². The maximum absolute atomic E-state index is 13.3. The van der Waals surface area contributed by atoms with Crippen LogP contribution in [0.3, 0.4) is 0 Å². The predicted octanol–water partition coefficient (Wildman–Crippen LogP) is 4.50. The SMILES string of the molecule is C=CCN(C(=O)C#CCCC)C(C(=O)NC(C)(C)C)c1cccc(OC(=O)/C=C/C=C/C)c1. The van der Waals surface area contributed by atoms with Crippen molar-refractivity contribution in [3.63, 3.8) is 0 Å². The summed E-state index contributed by atoms with van der Waals surface area (Å²) >= 11 is 0. The summed E-state index contributed by atoms with van der Waals surface area (Å²) in [6.45, 7) is 13.2. The van der Waals surface area contributed by atoms with Gasteiger partial charge in [0, 0.05) is 24.6 Å². The summed E-state index contributed by atoms with van der Waals surface area (Å²) in [6, 6.07) is 5.59. The van der Waals surface area contributed by atoms with Crippen molar-refractivity contribution >= 4 is 17.8 Å². The molecule has 0 aliphatic rings. The van der Waals surface area contributed by atoms with Gasteiger partial charge in [-0.25, -0.2) is 4.79 Å². The Labute approximate surface area is 197 Å². The van der Waals surface area contributed by atoms with Crippen LogP contribution in [0.1, 0.15) is 59.1 Å². The van der Waals surface area contributed by atoms with E-state index in [1.807, 2.05) is 34.6 Å². The quantitative estimate of drug-likeness (QED) is 0.150. The molecule has 6 heteroatoms. The molecule has 0 radical (unpaired) electrons. The molecule has 0 aliphatic heterocycles. The van der Waals surface area contributed by atoms with E-state index in [1.54, 1.807) is 48.6 Å². The lowest BCUT2D eigenvalue weighted by atomic mass is 10.0. The molecule has 0 saturated carbocycles. The van der Waals surface area contributed by atoms with E-state index in [1.165, 1.54) is 11.0 Å². The number of hydrogen-bond donors (Lipinski definition) is 1. The normalized spacial score (nSPS) is 12.0. The van der Waals surface area contributed by atoms with Gasteiger partial charge in [0.1, 0.15) is 11.8 Å². The lowest BCUT2D eigenvalue weighted by molar-refractivity contribution is -0.137. The van der Waals surface area contributed by atoms with Crippen LogP contribution in [0.4, 0.5) is 0 Å². The van der Waals surface area contributed by atoms with E-state index in [9.17, 15) is 14.4 Å². The van der Waals surface area contributed by atoms with Crippen LogP contribution in [-0.4, -0.2) is 34.8 Å². The Morgan fingerprint density at radius 1 is 1.24 bits per heavy atom. The molecular formula is C27H34N2O4. The molecule has 1 unspecified atom stereocenters. The molecule has 0 aromatic heterocycles. The predicted molar refractivity (Wildman–Crippen MR) is 131 cm³/mol. The number of amides is 2. The van der Waals surface area contributed by atoms with Gasteiger partial charge in [0.05, 0.1) is 0 Å². The van der Waals surface area contributed by atoms with E-state index in [0.29, 0.717) is 12.0 Å².